The van der Waals surface area contributed by atoms with Gasteiger partial charge < -0.3 is 10.1 Å². The van der Waals surface area contributed by atoms with Crippen molar-refractivity contribution in [2.24, 2.45) is 0 Å². The van der Waals surface area contributed by atoms with E-state index in [4.69, 9.17) is 4.74 Å². The molecule has 116 valence electrons. The predicted molar refractivity (Wildman–Crippen MR) is 85.0 cm³/mol. The number of rotatable bonds is 5. The van der Waals surface area contributed by atoms with Crippen LogP contribution >= 0.6 is 0 Å². The lowest BCUT2D eigenvalue weighted by molar-refractivity contribution is -0.118. The lowest BCUT2D eigenvalue weighted by atomic mass is 10.2. The molecule has 1 saturated carbocycles. The molecule has 1 fully saturated rings. The van der Waals surface area contributed by atoms with Crippen LogP contribution in [0.25, 0.3) is 0 Å². The van der Waals surface area contributed by atoms with Crippen LogP contribution in [0.1, 0.15) is 37.3 Å². The highest BCUT2D eigenvalue weighted by molar-refractivity contribution is 5.91. The standard InChI is InChI=1S/C17H21N3O2/c1-13-5-4-8-15(11-13)22-12-17(21)19-16-9-10-18-20(16)14-6-2-3-7-14/h4-5,8-11,14H,2-3,6-7,12H2,1H3,(H,19,21). The molecule has 0 radical (unpaired) electrons. The molecule has 5 nitrogen and oxygen atoms in total. The first-order chi connectivity index (χ1) is 10.7. The Hall–Kier alpha value is -2.30. The zero-order chi connectivity index (χ0) is 15.4. The molecule has 1 amide bonds. The molecule has 1 aliphatic rings. The Labute approximate surface area is 130 Å². The van der Waals surface area contributed by atoms with Crippen LogP contribution in [-0.4, -0.2) is 22.3 Å². The number of aryl methyl sites for hydroxylation is 1. The Bertz CT molecular complexity index is 645. The number of anilines is 1. The highest BCUT2D eigenvalue weighted by Crippen LogP contribution is 2.31. The number of carbonyl (C=O) groups excluding carboxylic acids is 1. The maximum Gasteiger partial charge on any atom is 0.263 e. The Balaban J connectivity index is 1.57. The van der Waals surface area contributed by atoms with Crippen molar-refractivity contribution < 1.29 is 9.53 Å². The van der Waals surface area contributed by atoms with Crippen LogP contribution in [0.4, 0.5) is 5.82 Å². The van der Waals surface area contributed by atoms with Gasteiger partial charge in [0.2, 0.25) is 0 Å². The minimum absolute atomic E-state index is 0.000694. The molecule has 22 heavy (non-hydrogen) atoms. The summed E-state index contributed by atoms with van der Waals surface area (Å²) >= 11 is 0. The van der Waals surface area contributed by atoms with E-state index in [1.54, 1.807) is 6.20 Å². The first-order valence-corrected chi connectivity index (χ1v) is 7.75. The SMILES string of the molecule is Cc1cccc(OCC(=O)Nc2ccnn2C2CCCC2)c1. The van der Waals surface area contributed by atoms with Crippen LogP contribution < -0.4 is 10.1 Å². The van der Waals surface area contributed by atoms with Crippen molar-refractivity contribution in [3.05, 3.63) is 42.1 Å². The summed E-state index contributed by atoms with van der Waals surface area (Å²) in [6.07, 6.45) is 6.45. The van der Waals surface area contributed by atoms with Crippen LogP contribution in [0.15, 0.2) is 36.5 Å². The largest absolute Gasteiger partial charge is 0.484 e. The van der Waals surface area contributed by atoms with Crippen molar-refractivity contribution in [3.63, 3.8) is 0 Å². The lowest BCUT2D eigenvalue weighted by Crippen LogP contribution is -2.23. The number of hydrogen-bond donors (Lipinski definition) is 1. The molecule has 0 bridgehead atoms. The van der Waals surface area contributed by atoms with Gasteiger partial charge in [-0.05, 0) is 37.5 Å². The van der Waals surface area contributed by atoms with E-state index in [1.807, 2.05) is 41.9 Å². The molecule has 0 spiro atoms. The highest BCUT2D eigenvalue weighted by atomic mass is 16.5. The van der Waals surface area contributed by atoms with E-state index in [0.29, 0.717) is 11.8 Å². The van der Waals surface area contributed by atoms with E-state index in [2.05, 4.69) is 10.4 Å². The molecule has 2 aromatic rings. The maximum atomic E-state index is 12.1. The van der Waals surface area contributed by atoms with Crippen molar-refractivity contribution in [1.29, 1.82) is 0 Å². The van der Waals surface area contributed by atoms with E-state index in [-0.39, 0.29) is 12.5 Å². The summed E-state index contributed by atoms with van der Waals surface area (Å²) in [5, 5.41) is 7.23. The number of aromatic nitrogens is 2. The molecule has 1 aromatic heterocycles. The number of nitrogens with one attached hydrogen (secondary N) is 1. The molecule has 0 atom stereocenters. The van der Waals surface area contributed by atoms with E-state index in [9.17, 15) is 4.79 Å². The molecule has 0 saturated heterocycles. The number of amides is 1. The smallest absolute Gasteiger partial charge is 0.263 e. The van der Waals surface area contributed by atoms with Gasteiger partial charge in [0.05, 0.1) is 12.2 Å². The minimum atomic E-state index is -0.166. The van der Waals surface area contributed by atoms with Crippen LogP contribution in [0, 0.1) is 6.92 Å². The van der Waals surface area contributed by atoms with Crippen molar-refractivity contribution in [3.8, 4) is 5.75 Å². The fourth-order valence-corrected chi connectivity index (χ4v) is 2.89. The first kappa shape index (κ1) is 14.6. The third-order valence-corrected chi connectivity index (χ3v) is 3.97. The Morgan fingerprint density at radius 1 is 1.36 bits per heavy atom. The van der Waals surface area contributed by atoms with Crippen molar-refractivity contribution in [2.45, 2.75) is 38.6 Å². The van der Waals surface area contributed by atoms with Gasteiger partial charge in [0.25, 0.3) is 5.91 Å². The van der Waals surface area contributed by atoms with Crippen molar-refractivity contribution in [2.75, 3.05) is 11.9 Å². The molecule has 0 unspecified atom stereocenters. The fraction of sp³-hybridized carbons (Fsp3) is 0.412. The summed E-state index contributed by atoms with van der Waals surface area (Å²) in [5.41, 5.74) is 1.11. The number of hydrogen-bond acceptors (Lipinski definition) is 3. The second kappa shape index (κ2) is 6.64. The lowest BCUT2D eigenvalue weighted by Gasteiger charge is -2.14. The molecule has 5 heteroatoms. The van der Waals surface area contributed by atoms with Crippen LogP contribution in [0.2, 0.25) is 0 Å². The maximum absolute atomic E-state index is 12.1. The van der Waals surface area contributed by atoms with Gasteiger partial charge in [-0.25, -0.2) is 4.68 Å². The molecule has 1 N–H and O–H groups in total. The van der Waals surface area contributed by atoms with Crippen molar-refractivity contribution in [1.82, 2.24) is 9.78 Å². The molecule has 1 heterocycles. The van der Waals surface area contributed by atoms with Gasteiger partial charge in [-0.3, -0.25) is 4.79 Å². The van der Waals surface area contributed by atoms with E-state index in [0.717, 1.165) is 24.2 Å². The summed E-state index contributed by atoms with van der Waals surface area (Å²) in [6.45, 7) is 1.99. The highest BCUT2D eigenvalue weighted by Gasteiger charge is 2.20. The van der Waals surface area contributed by atoms with E-state index in [1.165, 1.54) is 12.8 Å². The van der Waals surface area contributed by atoms with E-state index < -0.39 is 0 Å². The van der Waals surface area contributed by atoms with Gasteiger partial charge in [-0.2, -0.15) is 5.10 Å². The molecule has 0 aliphatic heterocycles. The average Bonchev–Trinajstić information content (AvgIpc) is 3.16. The summed E-state index contributed by atoms with van der Waals surface area (Å²) in [5.74, 6) is 1.30. The second-order valence-corrected chi connectivity index (χ2v) is 5.75. The second-order valence-electron chi connectivity index (χ2n) is 5.75. The summed E-state index contributed by atoms with van der Waals surface area (Å²) in [4.78, 5) is 12.1. The summed E-state index contributed by atoms with van der Waals surface area (Å²) in [7, 11) is 0. The third-order valence-electron chi connectivity index (χ3n) is 3.97. The molecule has 1 aromatic carbocycles. The van der Waals surface area contributed by atoms with Gasteiger partial charge in [-0.1, -0.05) is 25.0 Å². The minimum Gasteiger partial charge on any atom is -0.484 e. The van der Waals surface area contributed by atoms with Gasteiger partial charge in [0.1, 0.15) is 11.6 Å². The van der Waals surface area contributed by atoms with E-state index >= 15 is 0 Å². The van der Waals surface area contributed by atoms with Crippen LogP contribution in [-0.2, 0) is 4.79 Å². The quantitative estimate of drug-likeness (QED) is 0.921. The zero-order valence-corrected chi connectivity index (χ0v) is 12.8. The molecular weight excluding hydrogens is 278 g/mol. The predicted octanol–water partition coefficient (Wildman–Crippen LogP) is 3.32. The van der Waals surface area contributed by atoms with Gasteiger partial charge in [0, 0.05) is 6.07 Å². The zero-order valence-electron chi connectivity index (χ0n) is 12.8. The Morgan fingerprint density at radius 3 is 2.95 bits per heavy atom. The van der Waals surface area contributed by atoms with Gasteiger partial charge in [0.15, 0.2) is 6.61 Å². The number of carbonyl (C=O) groups is 1. The summed E-state index contributed by atoms with van der Waals surface area (Å²) in [6, 6.07) is 9.91. The van der Waals surface area contributed by atoms with Crippen molar-refractivity contribution >= 4 is 11.7 Å². The first-order valence-electron chi connectivity index (χ1n) is 7.75. The van der Waals surface area contributed by atoms with Crippen LogP contribution in [0.5, 0.6) is 5.75 Å². The normalized spacial score (nSPS) is 15.0. The number of nitrogens with zero attached hydrogens (tertiary/aromatic N) is 2. The topological polar surface area (TPSA) is 56.1 Å². The van der Waals surface area contributed by atoms with Gasteiger partial charge in [-0.15, -0.1) is 0 Å². The monoisotopic (exact) mass is 299 g/mol. The number of benzene rings is 1. The fourth-order valence-electron chi connectivity index (χ4n) is 2.89. The Kier molecular flexibility index (Phi) is 4.42. The third kappa shape index (κ3) is 3.47. The molecule has 3 rings (SSSR count). The molecular formula is C17H21N3O2. The average molecular weight is 299 g/mol. The summed E-state index contributed by atoms with van der Waals surface area (Å²) < 4.78 is 7.45. The molecule has 1 aliphatic carbocycles. The van der Waals surface area contributed by atoms with Gasteiger partial charge >= 0.3 is 0 Å². The Morgan fingerprint density at radius 2 is 2.18 bits per heavy atom. The number of ether oxygens (including phenoxy) is 1. The van der Waals surface area contributed by atoms with Crippen LogP contribution in [0.3, 0.4) is 0 Å².